The van der Waals surface area contributed by atoms with Crippen molar-refractivity contribution in [1.82, 2.24) is 14.7 Å². The molecule has 2 aromatic heterocycles. The summed E-state index contributed by atoms with van der Waals surface area (Å²) in [6.45, 7) is 4.08. The number of carbonyl (C=O) groups is 1. The number of imidazole rings is 1. The number of nitrogens with one attached hydrogen (secondary N) is 2. The molecule has 5 nitrogen and oxygen atoms in total. The summed E-state index contributed by atoms with van der Waals surface area (Å²) in [6.07, 6.45) is 6.00. The second-order valence-electron chi connectivity index (χ2n) is 7.77. The van der Waals surface area contributed by atoms with Crippen LogP contribution >= 0.6 is 0 Å². The fraction of sp³-hybridized carbons (Fsp3) is 0.364. The van der Waals surface area contributed by atoms with Crippen molar-refractivity contribution in [2.45, 2.75) is 51.6 Å². The molecule has 1 atom stereocenters. The first-order valence-corrected chi connectivity index (χ1v) is 9.75. The number of pyridine rings is 1. The van der Waals surface area contributed by atoms with Crippen molar-refractivity contribution >= 4 is 17.2 Å². The molecule has 1 amide bonds. The summed E-state index contributed by atoms with van der Waals surface area (Å²) in [7, 11) is 0. The van der Waals surface area contributed by atoms with Crippen LogP contribution in [-0.4, -0.2) is 21.3 Å². The topological polar surface area (TPSA) is 58.4 Å². The Hall–Kier alpha value is -2.82. The molecular formula is C22H24N4O. The van der Waals surface area contributed by atoms with Crippen molar-refractivity contribution < 1.29 is 4.79 Å². The average Bonchev–Trinajstić information content (AvgIpc) is 3.46. The largest absolute Gasteiger partial charge is 0.375 e. The first-order chi connectivity index (χ1) is 13.1. The van der Waals surface area contributed by atoms with E-state index in [1.807, 2.05) is 19.2 Å². The molecule has 1 saturated carbocycles. The first-order valence-electron chi connectivity index (χ1n) is 9.75. The van der Waals surface area contributed by atoms with Crippen LogP contribution in [0.1, 0.15) is 58.2 Å². The van der Waals surface area contributed by atoms with Gasteiger partial charge in [-0.1, -0.05) is 30.3 Å². The van der Waals surface area contributed by atoms with E-state index in [-0.39, 0.29) is 11.9 Å². The molecule has 1 aliphatic heterocycles. The lowest BCUT2D eigenvalue weighted by atomic mass is 9.91. The number of aryl methyl sites for hydroxylation is 2. The molecule has 2 N–H and O–H groups in total. The van der Waals surface area contributed by atoms with Crippen LogP contribution in [-0.2, 0) is 6.42 Å². The lowest BCUT2D eigenvalue weighted by Gasteiger charge is -2.29. The number of benzene rings is 1. The number of nitrogens with zero attached hydrogens (tertiary/aromatic N) is 2. The summed E-state index contributed by atoms with van der Waals surface area (Å²) in [6, 6.07) is 11.1. The van der Waals surface area contributed by atoms with Crippen LogP contribution in [0.25, 0.3) is 5.65 Å². The monoisotopic (exact) mass is 360 g/mol. The SMILES string of the molecule is Cc1nc2c3c(c(C(=O)NC4CC4)cn2c1C)CC[C@@H](c1ccccc1)N3. The minimum absolute atomic E-state index is 0.0429. The second-order valence-corrected chi connectivity index (χ2v) is 7.77. The number of anilines is 1. The molecule has 138 valence electrons. The lowest BCUT2D eigenvalue weighted by Crippen LogP contribution is -2.29. The quantitative estimate of drug-likeness (QED) is 0.744. The standard InChI is InChI=1S/C22H24N4O/c1-13-14(2)26-12-18(22(27)24-16-8-9-16)17-10-11-19(15-6-4-3-5-7-15)25-20(17)21(26)23-13/h3-7,12,16,19,25H,8-11H2,1-2H3,(H,24,27)/t19-/m0/s1. The van der Waals surface area contributed by atoms with Gasteiger partial charge in [0.15, 0.2) is 5.65 Å². The Morgan fingerprint density at radius 3 is 2.70 bits per heavy atom. The van der Waals surface area contributed by atoms with E-state index in [4.69, 9.17) is 4.98 Å². The Kier molecular flexibility index (Phi) is 3.71. The van der Waals surface area contributed by atoms with Gasteiger partial charge in [0.25, 0.3) is 5.91 Å². The number of amides is 1. The predicted octanol–water partition coefficient (Wildman–Crippen LogP) is 3.94. The summed E-state index contributed by atoms with van der Waals surface area (Å²) in [5.41, 5.74) is 7.16. The van der Waals surface area contributed by atoms with Crippen LogP contribution in [0.3, 0.4) is 0 Å². The highest BCUT2D eigenvalue weighted by Gasteiger charge is 2.30. The maximum absolute atomic E-state index is 12.9. The molecule has 0 bridgehead atoms. The number of rotatable bonds is 3. The van der Waals surface area contributed by atoms with Gasteiger partial charge in [-0.15, -0.1) is 0 Å². The highest BCUT2D eigenvalue weighted by molar-refractivity contribution is 5.99. The van der Waals surface area contributed by atoms with Crippen LogP contribution in [0, 0.1) is 13.8 Å². The molecule has 5 heteroatoms. The Morgan fingerprint density at radius 2 is 1.96 bits per heavy atom. The van der Waals surface area contributed by atoms with Crippen molar-refractivity contribution in [2.75, 3.05) is 5.32 Å². The van der Waals surface area contributed by atoms with Gasteiger partial charge in [-0.05, 0) is 50.7 Å². The number of hydrogen-bond donors (Lipinski definition) is 2. The highest BCUT2D eigenvalue weighted by Crippen LogP contribution is 2.38. The van der Waals surface area contributed by atoms with Crippen LogP contribution in [0.2, 0.25) is 0 Å². The van der Waals surface area contributed by atoms with E-state index in [0.717, 1.165) is 59.5 Å². The van der Waals surface area contributed by atoms with Crippen molar-refractivity contribution in [3.63, 3.8) is 0 Å². The van der Waals surface area contributed by atoms with Crippen LogP contribution in [0.5, 0.6) is 0 Å². The van der Waals surface area contributed by atoms with Crippen LogP contribution in [0.15, 0.2) is 36.5 Å². The molecule has 3 aromatic rings. The van der Waals surface area contributed by atoms with E-state index >= 15 is 0 Å². The zero-order valence-corrected chi connectivity index (χ0v) is 15.7. The smallest absolute Gasteiger partial charge is 0.253 e. The van der Waals surface area contributed by atoms with E-state index in [0.29, 0.717) is 6.04 Å². The number of aromatic nitrogens is 2. The van der Waals surface area contributed by atoms with Crippen molar-refractivity contribution in [1.29, 1.82) is 0 Å². The summed E-state index contributed by atoms with van der Waals surface area (Å²) in [5.74, 6) is 0.0429. The summed E-state index contributed by atoms with van der Waals surface area (Å²) < 4.78 is 2.07. The van der Waals surface area contributed by atoms with E-state index in [9.17, 15) is 4.79 Å². The normalized spacial score (nSPS) is 18.8. The lowest BCUT2D eigenvalue weighted by molar-refractivity contribution is 0.0949. The van der Waals surface area contributed by atoms with Gasteiger partial charge in [-0.2, -0.15) is 0 Å². The summed E-state index contributed by atoms with van der Waals surface area (Å²) in [4.78, 5) is 17.7. The van der Waals surface area contributed by atoms with Gasteiger partial charge in [-0.25, -0.2) is 4.98 Å². The Labute approximate surface area is 158 Å². The van der Waals surface area contributed by atoms with Gasteiger partial charge in [-0.3, -0.25) is 4.79 Å². The molecule has 1 aliphatic carbocycles. The zero-order valence-electron chi connectivity index (χ0n) is 15.7. The Bertz CT molecular complexity index is 1030. The average molecular weight is 360 g/mol. The van der Waals surface area contributed by atoms with E-state index in [2.05, 4.69) is 46.2 Å². The van der Waals surface area contributed by atoms with E-state index in [1.165, 1.54) is 5.56 Å². The number of hydrogen-bond acceptors (Lipinski definition) is 3. The Morgan fingerprint density at radius 1 is 1.19 bits per heavy atom. The van der Waals surface area contributed by atoms with Crippen molar-refractivity contribution in [3.8, 4) is 0 Å². The highest BCUT2D eigenvalue weighted by atomic mass is 16.1. The number of fused-ring (bicyclic) bond motifs is 3. The minimum atomic E-state index is 0.0429. The number of carbonyl (C=O) groups excluding carboxylic acids is 1. The third-order valence-corrected chi connectivity index (χ3v) is 5.86. The third-order valence-electron chi connectivity index (χ3n) is 5.86. The van der Waals surface area contributed by atoms with Crippen molar-refractivity contribution in [3.05, 3.63) is 64.6 Å². The fourth-order valence-corrected chi connectivity index (χ4v) is 4.01. The molecule has 27 heavy (non-hydrogen) atoms. The molecule has 1 aromatic carbocycles. The van der Waals surface area contributed by atoms with Gasteiger partial charge in [0.1, 0.15) is 0 Å². The van der Waals surface area contributed by atoms with Gasteiger partial charge in [0, 0.05) is 17.9 Å². The second kappa shape index (κ2) is 6.12. The molecule has 1 fully saturated rings. The summed E-state index contributed by atoms with van der Waals surface area (Å²) in [5, 5.41) is 6.85. The van der Waals surface area contributed by atoms with Crippen LogP contribution in [0.4, 0.5) is 5.69 Å². The maximum atomic E-state index is 12.9. The predicted molar refractivity (Wildman–Crippen MR) is 106 cm³/mol. The maximum Gasteiger partial charge on any atom is 0.253 e. The first kappa shape index (κ1) is 16.4. The van der Waals surface area contributed by atoms with E-state index < -0.39 is 0 Å². The fourth-order valence-electron chi connectivity index (χ4n) is 4.01. The summed E-state index contributed by atoms with van der Waals surface area (Å²) >= 11 is 0. The van der Waals surface area contributed by atoms with Gasteiger partial charge in [0.2, 0.25) is 0 Å². The van der Waals surface area contributed by atoms with Crippen LogP contribution < -0.4 is 10.6 Å². The van der Waals surface area contributed by atoms with E-state index in [1.54, 1.807) is 0 Å². The molecule has 0 radical (unpaired) electrons. The molecule has 0 spiro atoms. The molecule has 2 aliphatic rings. The van der Waals surface area contributed by atoms with Crippen molar-refractivity contribution in [2.24, 2.45) is 0 Å². The molecule has 5 rings (SSSR count). The molecule has 3 heterocycles. The minimum Gasteiger partial charge on any atom is -0.375 e. The molecule has 0 unspecified atom stereocenters. The molecular weight excluding hydrogens is 336 g/mol. The molecule has 0 saturated heterocycles. The third kappa shape index (κ3) is 2.78. The Balaban J connectivity index is 1.63. The van der Waals surface area contributed by atoms with Gasteiger partial charge in [0.05, 0.1) is 23.0 Å². The zero-order chi connectivity index (χ0) is 18.5. The van der Waals surface area contributed by atoms with Gasteiger partial charge >= 0.3 is 0 Å². The van der Waals surface area contributed by atoms with Gasteiger partial charge < -0.3 is 15.0 Å².